The standard InChI is InChI=1S/C14H27NO2/c1-10(2)7-11-14(5,8-12(16)15-11)9-13(3,4)17-6/h10-11H,7-9H2,1-6H3,(H,15,16). The van der Waals surface area contributed by atoms with Crippen LogP contribution in [-0.4, -0.2) is 24.7 Å². The quantitative estimate of drug-likeness (QED) is 0.803. The van der Waals surface area contributed by atoms with Crippen LogP contribution in [0.25, 0.3) is 0 Å². The monoisotopic (exact) mass is 241 g/mol. The third kappa shape index (κ3) is 3.70. The van der Waals surface area contributed by atoms with Crippen molar-refractivity contribution in [2.24, 2.45) is 11.3 Å². The largest absolute Gasteiger partial charge is 0.379 e. The first-order chi connectivity index (χ1) is 7.68. The van der Waals surface area contributed by atoms with Gasteiger partial charge in [-0.15, -0.1) is 0 Å². The van der Waals surface area contributed by atoms with Crippen LogP contribution in [0.5, 0.6) is 0 Å². The summed E-state index contributed by atoms with van der Waals surface area (Å²) in [4.78, 5) is 11.7. The Hall–Kier alpha value is -0.570. The molecule has 1 aliphatic heterocycles. The van der Waals surface area contributed by atoms with Crippen LogP contribution in [0.4, 0.5) is 0 Å². The van der Waals surface area contributed by atoms with E-state index in [1.165, 1.54) is 0 Å². The van der Waals surface area contributed by atoms with Crippen molar-refractivity contribution in [2.45, 2.75) is 65.5 Å². The van der Waals surface area contributed by atoms with Gasteiger partial charge in [-0.3, -0.25) is 4.79 Å². The average Bonchev–Trinajstić information content (AvgIpc) is 2.39. The molecule has 1 heterocycles. The van der Waals surface area contributed by atoms with Gasteiger partial charge in [0.05, 0.1) is 5.60 Å². The summed E-state index contributed by atoms with van der Waals surface area (Å²) in [6, 6.07) is 0.282. The van der Waals surface area contributed by atoms with E-state index >= 15 is 0 Å². The van der Waals surface area contributed by atoms with Crippen molar-refractivity contribution < 1.29 is 9.53 Å². The van der Waals surface area contributed by atoms with E-state index in [4.69, 9.17) is 4.74 Å². The van der Waals surface area contributed by atoms with Gasteiger partial charge in [0.15, 0.2) is 0 Å². The number of ether oxygens (including phenoxy) is 1. The molecule has 0 aromatic rings. The lowest BCUT2D eigenvalue weighted by Gasteiger charge is -2.37. The average molecular weight is 241 g/mol. The summed E-state index contributed by atoms with van der Waals surface area (Å²) in [6.07, 6.45) is 2.58. The molecule has 1 fully saturated rings. The van der Waals surface area contributed by atoms with Gasteiger partial charge >= 0.3 is 0 Å². The number of methoxy groups -OCH3 is 1. The molecule has 0 aromatic heterocycles. The van der Waals surface area contributed by atoms with Crippen LogP contribution in [0.15, 0.2) is 0 Å². The molecule has 0 saturated carbocycles. The number of carbonyl (C=O) groups is 1. The van der Waals surface area contributed by atoms with E-state index < -0.39 is 0 Å². The van der Waals surface area contributed by atoms with E-state index in [0.29, 0.717) is 12.3 Å². The summed E-state index contributed by atoms with van der Waals surface area (Å²) >= 11 is 0. The second-order valence-corrected chi connectivity index (χ2v) is 6.72. The highest BCUT2D eigenvalue weighted by molar-refractivity contribution is 5.79. The van der Waals surface area contributed by atoms with Gasteiger partial charge in [-0.2, -0.15) is 0 Å². The van der Waals surface area contributed by atoms with Gasteiger partial charge in [-0.1, -0.05) is 20.8 Å². The molecule has 2 unspecified atom stereocenters. The zero-order valence-electron chi connectivity index (χ0n) is 12.1. The van der Waals surface area contributed by atoms with E-state index in [2.05, 4.69) is 39.9 Å². The number of rotatable bonds is 5. The maximum absolute atomic E-state index is 11.7. The predicted octanol–water partition coefficient (Wildman–Crippen LogP) is 2.74. The molecule has 0 radical (unpaired) electrons. The lowest BCUT2D eigenvalue weighted by Crippen LogP contribution is -2.41. The molecule has 3 nitrogen and oxygen atoms in total. The first-order valence-electron chi connectivity index (χ1n) is 6.53. The second kappa shape index (κ2) is 4.97. The molecule has 0 aliphatic carbocycles. The maximum Gasteiger partial charge on any atom is 0.220 e. The Balaban J connectivity index is 2.79. The molecule has 1 aliphatic rings. The number of carbonyl (C=O) groups excluding carboxylic acids is 1. The van der Waals surface area contributed by atoms with E-state index in [1.807, 2.05) is 0 Å². The van der Waals surface area contributed by atoms with Crippen molar-refractivity contribution >= 4 is 5.91 Å². The van der Waals surface area contributed by atoms with Gasteiger partial charge in [0.1, 0.15) is 0 Å². The van der Waals surface area contributed by atoms with Crippen LogP contribution in [0.3, 0.4) is 0 Å². The summed E-state index contributed by atoms with van der Waals surface area (Å²) in [5, 5.41) is 3.13. The highest BCUT2D eigenvalue weighted by atomic mass is 16.5. The molecule has 17 heavy (non-hydrogen) atoms. The Bertz CT molecular complexity index is 286. The fourth-order valence-electron chi connectivity index (χ4n) is 2.95. The van der Waals surface area contributed by atoms with Crippen LogP contribution in [0, 0.1) is 11.3 Å². The smallest absolute Gasteiger partial charge is 0.220 e. The minimum Gasteiger partial charge on any atom is -0.379 e. The minimum atomic E-state index is -0.170. The van der Waals surface area contributed by atoms with E-state index in [1.54, 1.807) is 7.11 Å². The molecule has 1 N–H and O–H groups in total. The van der Waals surface area contributed by atoms with Crippen LogP contribution in [0.2, 0.25) is 0 Å². The van der Waals surface area contributed by atoms with Crippen LogP contribution < -0.4 is 5.32 Å². The van der Waals surface area contributed by atoms with Gasteiger partial charge in [0, 0.05) is 19.6 Å². The molecule has 1 rings (SSSR count). The first kappa shape index (κ1) is 14.5. The van der Waals surface area contributed by atoms with Crippen molar-refractivity contribution in [1.29, 1.82) is 0 Å². The summed E-state index contributed by atoms with van der Waals surface area (Å²) in [5.74, 6) is 0.786. The highest BCUT2D eigenvalue weighted by Crippen LogP contribution is 2.42. The lowest BCUT2D eigenvalue weighted by atomic mass is 9.72. The molecule has 3 heteroatoms. The number of amides is 1. The molecule has 2 atom stereocenters. The second-order valence-electron chi connectivity index (χ2n) is 6.72. The van der Waals surface area contributed by atoms with Gasteiger partial charge < -0.3 is 10.1 Å². The molecule has 0 bridgehead atoms. The fourth-order valence-corrected chi connectivity index (χ4v) is 2.95. The van der Waals surface area contributed by atoms with E-state index in [0.717, 1.165) is 12.8 Å². The molecule has 100 valence electrons. The Morgan fingerprint density at radius 3 is 2.59 bits per heavy atom. The van der Waals surface area contributed by atoms with Crippen molar-refractivity contribution in [3.8, 4) is 0 Å². The molecule has 1 saturated heterocycles. The number of nitrogens with one attached hydrogen (secondary N) is 1. The normalized spacial score (nSPS) is 29.8. The summed E-state index contributed by atoms with van der Waals surface area (Å²) in [5.41, 5.74) is -0.156. The maximum atomic E-state index is 11.7. The van der Waals surface area contributed by atoms with Crippen LogP contribution in [0.1, 0.15) is 53.9 Å². The summed E-state index contributed by atoms with van der Waals surface area (Å²) in [7, 11) is 1.74. The minimum absolute atomic E-state index is 0.0147. The Morgan fingerprint density at radius 1 is 1.53 bits per heavy atom. The topological polar surface area (TPSA) is 38.3 Å². The molecule has 0 aromatic carbocycles. The van der Waals surface area contributed by atoms with Gasteiger partial charge in [-0.05, 0) is 38.0 Å². The first-order valence-corrected chi connectivity index (χ1v) is 6.53. The Labute approximate surface area is 105 Å². The van der Waals surface area contributed by atoms with Gasteiger partial charge in [0.2, 0.25) is 5.91 Å². The molecule has 1 amide bonds. The fraction of sp³-hybridized carbons (Fsp3) is 0.929. The molecular formula is C14H27NO2. The van der Waals surface area contributed by atoms with E-state index in [9.17, 15) is 4.79 Å². The molecular weight excluding hydrogens is 214 g/mol. The van der Waals surface area contributed by atoms with Gasteiger partial charge in [0.25, 0.3) is 0 Å². The summed E-state index contributed by atoms with van der Waals surface area (Å²) in [6.45, 7) is 10.8. The van der Waals surface area contributed by atoms with E-state index in [-0.39, 0.29) is 23.0 Å². The van der Waals surface area contributed by atoms with Crippen molar-refractivity contribution in [3.63, 3.8) is 0 Å². The zero-order chi connectivity index (χ0) is 13.3. The Kier molecular flexibility index (Phi) is 4.23. The summed E-state index contributed by atoms with van der Waals surface area (Å²) < 4.78 is 5.51. The number of hydrogen-bond acceptors (Lipinski definition) is 2. The Morgan fingerprint density at radius 2 is 2.12 bits per heavy atom. The highest BCUT2D eigenvalue weighted by Gasteiger charge is 2.46. The molecule has 0 spiro atoms. The number of hydrogen-bond donors (Lipinski definition) is 1. The van der Waals surface area contributed by atoms with Crippen molar-refractivity contribution in [3.05, 3.63) is 0 Å². The van der Waals surface area contributed by atoms with Crippen LogP contribution >= 0.6 is 0 Å². The lowest BCUT2D eigenvalue weighted by molar-refractivity contribution is -0.120. The van der Waals surface area contributed by atoms with Crippen molar-refractivity contribution in [1.82, 2.24) is 5.32 Å². The van der Waals surface area contributed by atoms with Gasteiger partial charge in [-0.25, -0.2) is 0 Å². The predicted molar refractivity (Wildman–Crippen MR) is 69.8 cm³/mol. The third-order valence-corrected chi connectivity index (χ3v) is 3.83. The van der Waals surface area contributed by atoms with Crippen molar-refractivity contribution in [2.75, 3.05) is 7.11 Å². The SMILES string of the molecule is COC(C)(C)CC1(C)CC(=O)NC1CC(C)C. The van der Waals surface area contributed by atoms with Crippen LogP contribution in [-0.2, 0) is 9.53 Å². The zero-order valence-corrected chi connectivity index (χ0v) is 12.1. The third-order valence-electron chi connectivity index (χ3n) is 3.83.